The van der Waals surface area contributed by atoms with Gasteiger partial charge in [-0.15, -0.1) is 0 Å². The molecule has 0 radical (unpaired) electrons. The van der Waals surface area contributed by atoms with Crippen LogP contribution in [0.15, 0.2) is 95.8 Å². The van der Waals surface area contributed by atoms with Gasteiger partial charge < -0.3 is 10.1 Å². The molecular formula is C24H19N3O3. The summed E-state index contributed by atoms with van der Waals surface area (Å²) in [6.07, 6.45) is 0. The van der Waals surface area contributed by atoms with Gasteiger partial charge in [0.25, 0.3) is 11.5 Å². The van der Waals surface area contributed by atoms with Crippen molar-refractivity contribution in [2.75, 3.05) is 5.32 Å². The van der Waals surface area contributed by atoms with Crippen molar-refractivity contribution in [3.05, 3.63) is 112 Å². The number of H-pyrrole nitrogens is 1. The van der Waals surface area contributed by atoms with Crippen LogP contribution in [0.3, 0.4) is 0 Å². The topological polar surface area (TPSA) is 84.1 Å². The van der Waals surface area contributed by atoms with Gasteiger partial charge >= 0.3 is 0 Å². The van der Waals surface area contributed by atoms with E-state index in [1.165, 1.54) is 6.07 Å². The van der Waals surface area contributed by atoms with E-state index in [0.717, 1.165) is 16.9 Å². The minimum Gasteiger partial charge on any atom is -0.489 e. The molecule has 30 heavy (non-hydrogen) atoms. The fourth-order valence-corrected chi connectivity index (χ4v) is 3.01. The van der Waals surface area contributed by atoms with Gasteiger partial charge in [0.15, 0.2) is 0 Å². The van der Waals surface area contributed by atoms with Gasteiger partial charge in [-0.3, -0.25) is 9.59 Å². The second-order valence-electron chi connectivity index (χ2n) is 6.60. The van der Waals surface area contributed by atoms with E-state index in [0.29, 0.717) is 16.9 Å². The van der Waals surface area contributed by atoms with Gasteiger partial charge in [0.05, 0.1) is 5.69 Å². The van der Waals surface area contributed by atoms with Crippen molar-refractivity contribution in [1.29, 1.82) is 0 Å². The number of nitrogens with zero attached hydrogens (tertiary/aromatic N) is 1. The number of carbonyl (C=O) groups is 1. The number of hydrogen-bond acceptors (Lipinski definition) is 4. The average Bonchev–Trinajstić information content (AvgIpc) is 2.79. The van der Waals surface area contributed by atoms with E-state index in [9.17, 15) is 9.59 Å². The number of para-hydroxylation sites is 1. The summed E-state index contributed by atoms with van der Waals surface area (Å²) < 4.78 is 5.80. The van der Waals surface area contributed by atoms with E-state index in [-0.39, 0.29) is 18.1 Å². The Balaban J connectivity index is 1.51. The third kappa shape index (κ3) is 4.62. The zero-order valence-electron chi connectivity index (χ0n) is 16.0. The summed E-state index contributed by atoms with van der Waals surface area (Å²) >= 11 is 0. The molecule has 1 amide bonds. The van der Waals surface area contributed by atoms with E-state index in [2.05, 4.69) is 15.5 Å². The second-order valence-corrected chi connectivity index (χ2v) is 6.60. The molecule has 0 aliphatic rings. The Kier molecular flexibility index (Phi) is 5.66. The maximum Gasteiger partial charge on any atom is 0.264 e. The van der Waals surface area contributed by atoms with Crippen molar-refractivity contribution in [2.24, 2.45) is 0 Å². The number of carbonyl (C=O) groups excluding carboxylic acids is 1. The lowest BCUT2D eigenvalue weighted by atomic mass is 10.1. The summed E-state index contributed by atoms with van der Waals surface area (Å²) in [5.41, 5.74) is 3.09. The van der Waals surface area contributed by atoms with Crippen LogP contribution in [0.2, 0.25) is 0 Å². The van der Waals surface area contributed by atoms with E-state index in [1.54, 1.807) is 18.2 Å². The van der Waals surface area contributed by atoms with Crippen LogP contribution in [-0.2, 0) is 6.61 Å². The molecule has 0 saturated carbocycles. The van der Waals surface area contributed by atoms with E-state index in [4.69, 9.17) is 4.74 Å². The van der Waals surface area contributed by atoms with Crippen molar-refractivity contribution in [2.45, 2.75) is 6.61 Å². The fraction of sp³-hybridized carbons (Fsp3) is 0.0417. The van der Waals surface area contributed by atoms with Gasteiger partial charge in [-0.2, -0.15) is 5.10 Å². The van der Waals surface area contributed by atoms with Crippen molar-refractivity contribution >= 4 is 11.6 Å². The van der Waals surface area contributed by atoms with Gasteiger partial charge in [0.1, 0.15) is 12.4 Å². The molecule has 4 aromatic rings. The highest BCUT2D eigenvalue weighted by Gasteiger charge is 2.12. The minimum absolute atomic E-state index is 0.228. The Morgan fingerprint density at radius 2 is 1.70 bits per heavy atom. The van der Waals surface area contributed by atoms with Crippen LogP contribution in [0.4, 0.5) is 5.69 Å². The molecule has 6 nitrogen and oxygen atoms in total. The number of rotatable bonds is 6. The molecule has 3 aromatic carbocycles. The zero-order valence-corrected chi connectivity index (χ0v) is 16.0. The molecule has 0 aliphatic carbocycles. The van der Waals surface area contributed by atoms with Crippen LogP contribution in [-0.4, -0.2) is 16.1 Å². The summed E-state index contributed by atoms with van der Waals surface area (Å²) in [7, 11) is 0. The molecule has 1 heterocycles. The molecule has 2 N–H and O–H groups in total. The fourth-order valence-electron chi connectivity index (χ4n) is 3.01. The average molecular weight is 397 g/mol. The molecule has 0 aliphatic heterocycles. The smallest absolute Gasteiger partial charge is 0.264 e. The Bertz CT molecular complexity index is 1200. The molecule has 0 saturated heterocycles. The van der Waals surface area contributed by atoms with Gasteiger partial charge in [0.2, 0.25) is 0 Å². The second kappa shape index (κ2) is 8.87. The van der Waals surface area contributed by atoms with Crippen molar-refractivity contribution < 1.29 is 9.53 Å². The highest BCUT2D eigenvalue weighted by atomic mass is 16.5. The van der Waals surface area contributed by atoms with Crippen LogP contribution in [0, 0.1) is 0 Å². The Morgan fingerprint density at radius 1 is 0.900 bits per heavy atom. The van der Waals surface area contributed by atoms with Gasteiger partial charge in [-0.25, -0.2) is 5.10 Å². The molecule has 0 spiro atoms. The number of aromatic amines is 1. The summed E-state index contributed by atoms with van der Waals surface area (Å²) in [4.78, 5) is 24.1. The Hall–Kier alpha value is -4.19. The molecule has 0 fully saturated rings. The summed E-state index contributed by atoms with van der Waals surface area (Å²) in [5.74, 6) is 0.516. The quantitative estimate of drug-likeness (QED) is 0.509. The van der Waals surface area contributed by atoms with E-state index < -0.39 is 0 Å². The lowest BCUT2D eigenvalue weighted by Crippen LogP contribution is -2.15. The van der Waals surface area contributed by atoms with Crippen molar-refractivity contribution in [3.63, 3.8) is 0 Å². The molecular weight excluding hydrogens is 378 g/mol. The number of anilines is 1. The third-order valence-corrected chi connectivity index (χ3v) is 4.49. The lowest BCUT2D eigenvalue weighted by Gasteiger charge is -2.12. The molecule has 148 valence electrons. The first kappa shape index (κ1) is 19.1. The van der Waals surface area contributed by atoms with E-state index >= 15 is 0 Å². The normalized spacial score (nSPS) is 10.4. The van der Waals surface area contributed by atoms with Crippen molar-refractivity contribution in [1.82, 2.24) is 10.2 Å². The zero-order chi connectivity index (χ0) is 20.8. The maximum atomic E-state index is 12.9. The van der Waals surface area contributed by atoms with Crippen LogP contribution in [0.5, 0.6) is 5.75 Å². The number of nitrogens with one attached hydrogen (secondary N) is 2. The Morgan fingerprint density at radius 3 is 2.50 bits per heavy atom. The number of amides is 1. The summed E-state index contributed by atoms with van der Waals surface area (Å²) in [6, 6.07) is 27.2. The first-order valence-corrected chi connectivity index (χ1v) is 9.42. The molecule has 4 rings (SSSR count). The van der Waals surface area contributed by atoms with Crippen LogP contribution in [0.25, 0.3) is 11.3 Å². The van der Waals surface area contributed by atoms with Crippen LogP contribution in [0.1, 0.15) is 15.9 Å². The number of hydrogen-bond donors (Lipinski definition) is 2. The SMILES string of the molecule is O=C(Nc1cccc(-c2ccc(=O)[nH]n2)c1)c1ccccc1COc1ccccc1. The van der Waals surface area contributed by atoms with Gasteiger partial charge in [-0.05, 0) is 36.4 Å². The summed E-state index contributed by atoms with van der Waals surface area (Å²) in [5, 5.41) is 9.36. The van der Waals surface area contributed by atoms with Crippen molar-refractivity contribution in [3.8, 4) is 17.0 Å². The number of aromatic nitrogens is 2. The lowest BCUT2D eigenvalue weighted by molar-refractivity contribution is 0.102. The molecule has 0 unspecified atom stereocenters. The molecule has 0 atom stereocenters. The Labute approximate surface area is 173 Å². The largest absolute Gasteiger partial charge is 0.489 e. The standard InChI is InChI=1S/C24H19N3O3/c28-23-14-13-22(26-27-23)17-8-6-9-19(15-17)25-24(29)21-12-5-4-7-18(21)16-30-20-10-2-1-3-11-20/h1-15H,16H2,(H,25,29)(H,27,28). The minimum atomic E-state index is -0.266. The highest BCUT2D eigenvalue weighted by Crippen LogP contribution is 2.21. The molecule has 0 bridgehead atoms. The van der Waals surface area contributed by atoms with Gasteiger partial charge in [0, 0.05) is 28.4 Å². The molecule has 6 heteroatoms. The van der Waals surface area contributed by atoms with Gasteiger partial charge in [-0.1, -0.05) is 48.5 Å². The predicted molar refractivity (Wildman–Crippen MR) is 115 cm³/mol. The van der Waals surface area contributed by atoms with E-state index in [1.807, 2.05) is 66.7 Å². The monoisotopic (exact) mass is 397 g/mol. The predicted octanol–water partition coefficient (Wildman–Crippen LogP) is 4.27. The number of benzene rings is 3. The molecule has 1 aromatic heterocycles. The highest BCUT2D eigenvalue weighted by molar-refractivity contribution is 6.05. The maximum absolute atomic E-state index is 12.9. The first-order valence-electron chi connectivity index (χ1n) is 9.42. The summed E-state index contributed by atoms with van der Waals surface area (Å²) in [6.45, 7) is 0.287. The van der Waals surface area contributed by atoms with Crippen LogP contribution >= 0.6 is 0 Å². The number of ether oxygens (including phenoxy) is 1. The first-order chi connectivity index (χ1) is 14.7. The van der Waals surface area contributed by atoms with Crippen LogP contribution < -0.4 is 15.6 Å². The third-order valence-electron chi connectivity index (χ3n) is 4.49.